The first-order valence-electron chi connectivity index (χ1n) is 8.97. The monoisotopic (exact) mass is 404 g/mol. The average Bonchev–Trinajstić information content (AvgIpc) is 2.60. The van der Waals surface area contributed by atoms with Crippen LogP contribution in [0.5, 0.6) is 0 Å². The second kappa shape index (κ2) is 8.97. The number of carbonyl (C=O) groups excluding carboxylic acids is 1. The third kappa shape index (κ3) is 5.62. The molecule has 9 heteroatoms. The molecule has 1 amide bonds. The van der Waals surface area contributed by atoms with E-state index in [1.807, 2.05) is 0 Å². The molecule has 6 nitrogen and oxygen atoms in total. The molecule has 2 atom stereocenters. The predicted octanol–water partition coefficient (Wildman–Crippen LogP) is 2.27. The number of hydrogen-bond donors (Lipinski definition) is 1. The number of benzene rings is 1. The number of halogens is 2. The van der Waals surface area contributed by atoms with Crippen LogP contribution in [0.1, 0.15) is 38.5 Å². The Morgan fingerprint density at radius 1 is 1.22 bits per heavy atom. The molecule has 1 saturated carbocycles. The number of rotatable bonds is 7. The van der Waals surface area contributed by atoms with Gasteiger partial charge in [-0.25, -0.2) is 17.2 Å². The summed E-state index contributed by atoms with van der Waals surface area (Å²) in [5.74, 6) is -2.38. The molecule has 1 aromatic carbocycles. The van der Waals surface area contributed by atoms with Crippen LogP contribution in [0, 0.1) is 11.6 Å². The molecular weight excluding hydrogens is 378 g/mol. The summed E-state index contributed by atoms with van der Waals surface area (Å²) in [6, 6.07) is 2.66. The molecule has 1 fully saturated rings. The van der Waals surface area contributed by atoms with Crippen LogP contribution in [-0.4, -0.2) is 56.3 Å². The molecule has 27 heavy (non-hydrogen) atoms. The van der Waals surface area contributed by atoms with Crippen molar-refractivity contribution in [3.05, 3.63) is 29.8 Å². The molecule has 0 bridgehead atoms. The van der Waals surface area contributed by atoms with Gasteiger partial charge in [0.2, 0.25) is 15.9 Å². The van der Waals surface area contributed by atoms with E-state index >= 15 is 0 Å². The lowest BCUT2D eigenvalue weighted by Gasteiger charge is -2.35. The maximum Gasteiger partial charge on any atom is 0.232 e. The number of sulfonamides is 1. The molecule has 1 N–H and O–H groups in total. The van der Waals surface area contributed by atoms with Gasteiger partial charge in [0.1, 0.15) is 0 Å². The number of aliphatic hydroxyl groups is 1. The lowest BCUT2D eigenvalue weighted by Crippen LogP contribution is -2.46. The molecule has 0 unspecified atom stereocenters. The van der Waals surface area contributed by atoms with Gasteiger partial charge in [0.25, 0.3) is 0 Å². The van der Waals surface area contributed by atoms with E-state index in [4.69, 9.17) is 0 Å². The van der Waals surface area contributed by atoms with Crippen LogP contribution in [0.3, 0.4) is 0 Å². The molecule has 1 aliphatic rings. The zero-order valence-corrected chi connectivity index (χ0v) is 16.4. The molecule has 0 radical (unpaired) electrons. The van der Waals surface area contributed by atoms with Gasteiger partial charge in [-0.1, -0.05) is 12.8 Å². The highest BCUT2D eigenvalue weighted by molar-refractivity contribution is 7.92. The van der Waals surface area contributed by atoms with Crippen LogP contribution in [0.4, 0.5) is 14.5 Å². The standard InChI is InChI=1S/C18H26F2N2O4S/c1-21(16-6-3-4-7-17(16)23)18(24)8-5-11-22(27(2,25)26)13-9-10-14(19)15(20)12-13/h9-10,12,16-17,23H,3-8,11H2,1-2H3/t16-,17-/m1/s1. The van der Waals surface area contributed by atoms with E-state index in [1.54, 1.807) is 7.05 Å². The van der Waals surface area contributed by atoms with Gasteiger partial charge < -0.3 is 10.0 Å². The van der Waals surface area contributed by atoms with E-state index in [2.05, 4.69) is 0 Å². The predicted molar refractivity (Wildman–Crippen MR) is 98.8 cm³/mol. The van der Waals surface area contributed by atoms with Crippen molar-refractivity contribution in [2.45, 2.75) is 50.7 Å². The number of nitrogens with zero attached hydrogens (tertiary/aromatic N) is 2. The second-order valence-corrected chi connectivity index (χ2v) is 8.87. The largest absolute Gasteiger partial charge is 0.391 e. The summed E-state index contributed by atoms with van der Waals surface area (Å²) in [5.41, 5.74) is 0.0138. The summed E-state index contributed by atoms with van der Waals surface area (Å²) in [7, 11) is -2.07. The summed E-state index contributed by atoms with van der Waals surface area (Å²) in [6.45, 7) is -0.0310. The summed E-state index contributed by atoms with van der Waals surface area (Å²) in [4.78, 5) is 13.9. The summed E-state index contributed by atoms with van der Waals surface area (Å²) in [6.07, 6.45) is 4.05. The van der Waals surface area contributed by atoms with Crippen molar-refractivity contribution in [1.29, 1.82) is 0 Å². The van der Waals surface area contributed by atoms with Gasteiger partial charge in [0.05, 0.1) is 24.1 Å². The molecule has 152 valence electrons. The van der Waals surface area contributed by atoms with Gasteiger partial charge in [-0.15, -0.1) is 0 Å². The number of likely N-dealkylation sites (N-methyl/N-ethyl adjacent to an activating group) is 1. The van der Waals surface area contributed by atoms with Crippen molar-refractivity contribution in [3.8, 4) is 0 Å². The fraction of sp³-hybridized carbons (Fsp3) is 0.611. The normalized spacial score (nSPS) is 20.3. The Morgan fingerprint density at radius 3 is 2.48 bits per heavy atom. The maximum atomic E-state index is 13.4. The molecule has 2 rings (SSSR count). The highest BCUT2D eigenvalue weighted by Crippen LogP contribution is 2.24. The van der Waals surface area contributed by atoms with Crippen LogP contribution < -0.4 is 4.31 Å². The maximum absolute atomic E-state index is 13.4. The Bertz CT molecular complexity index is 773. The van der Waals surface area contributed by atoms with Crippen molar-refractivity contribution in [2.24, 2.45) is 0 Å². The summed E-state index contributed by atoms with van der Waals surface area (Å²) < 4.78 is 51.5. The van der Waals surface area contributed by atoms with Crippen LogP contribution in [0.25, 0.3) is 0 Å². The van der Waals surface area contributed by atoms with E-state index in [9.17, 15) is 27.1 Å². The van der Waals surface area contributed by atoms with Crippen LogP contribution in [0.2, 0.25) is 0 Å². The van der Waals surface area contributed by atoms with E-state index in [0.29, 0.717) is 6.42 Å². The molecule has 1 aromatic rings. The Balaban J connectivity index is 1.99. The average molecular weight is 404 g/mol. The van der Waals surface area contributed by atoms with Crippen LogP contribution >= 0.6 is 0 Å². The van der Waals surface area contributed by atoms with Crippen LogP contribution in [0.15, 0.2) is 18.2 Å². The molecule has 0 aromatic heterocycles. The number of hydrogen-bond acceptors (Lipinski definition) is 4. The van der Waals surface area contributed by atoms with E-state index in [1.165, 1.54) is 11.0 Å². The number of anilines is 1. The lowest BCUT2D eigenvalue weighted by atomic mass is 9.91. The molecule has 0 heterocycles. The molecule has 0 spiro atoms. The molecule has 0 saturated heterocycles. The van der Waals surface area contributed by atoms with Crippen molar-refractivity contribution < 1.29 is 27.1 Å². The Labute approximate surface area is 158 Å². The minimum atomic E-state index is -3.72. The Kier molecular flexibility index (Phi) is 7.16. The van der Waals surface area contributed by atoms with E-state index in [-0.39, 0.29) is 37.0 Å². The zero-order chi connectivity index (χ0) is 20.2. The SMILES string of the molecule is CN(C(=O)CCCN(c1ccc(F)c(F)c1)S(C)(=O)=O)[C@@H]1CCCC[C@H]1O. The summed E-state index contributed by atoms with van der Waals surface area (Å²) in [5, 5.41) is 10.1. The van der Waals surface area contributed by atoms with Gasteiger partial charge in [-0.05, 0) is 31.4 Å². The molecule has 0 aliphatic heterocycles. The quantitative estimate of drug-likeness (QED) is 0.756. The fourth-order valence-electron chi connectivity index (χ4n) is 3.41. The topological polar surface area (TPSA) is 77.9 Å². The second-order valence-electron chi connectivity index (χ2n) is 6.96. The highest BCUT2D eigenvalue weighted by Gasteiger charge is 2.29. The van der Waals surface area contributed by atoms with Gasteiger partial charge >= 0.3 is 0 Å². The Hall–Kier alpha value is -1.74. The van der Waals surface area contributed by atoms with Crippen molar-refractivity contribution in [2.75, 3.05) is 24.2 Å². The van der Waals surface area contributed by atoms with E-state index in [0.717, 1.165) is 42.0 Å². The Morgan fingerprint density at radius 2 is 1.89 bits per heavy atom. The highest BCUT2D eigenvalue weighted by atomic mass is 32.2. The van der Waals surface area contributed by atoms with Crippen molar-refractivity contribution in [1.82, 2.24) is 4.90 Å². The smallest absolute Gasteiger partial charge is 0.232 e. The number of carbonyl (C=O) groups is 1. The first-order chi connectivity index (χ1) is 12.6. The summed E-state index contributed by atoms with van der Waals surface area (Å²) >= 11 is 0. The minimum absolute atomic E-state index is 0.0138. The van der Waals surface area contributed by atoms with E-state index < -0.39 is 27.8 Å². The minimum Gasteiger partial charge on any atom is -0.391 e. The number of amides is 1. The molecular formula is C18H26F2N2O4S. The van der Waals surface area contributed by atoms with Gasteiger partial charge in [-0.3, -0.25) is 9.10 Å². The number of aliphatic hydroxyl groups excluding tert-OH is 1. The first-order valence-corrected chi connectivity index (χ1v) is 10.8. The van der Waals surface area contributed by atoms with Gasteiger partial charge in [0, 0.05) is 26.1 Å². The lowest BCUT2D eigenvalue weighted by molar-refractivity contribution is -0.135. The van der Waals surface area contributed by atoms with Crippen molar-refractivity contribution in [3.63, 3.8) is 0 Å². The van der Waals surface area contributed by atoms with Crippen LogP contribution in [-0.2, 0) is 14.8 Å². The fourth-order valence-corrected chi connectivity index (χ4v) is 4.36. The van der Waals surface area contributed by atoms with Gasteiger partial charge in [0.15, 0.2) is 11.6 Å². The zero-order valence-electron chi connectivity index (χ0n) is 15.6. The third-order valence-corrected chi connectivity index (χ3v) is 6.12. The molecule has 1 aliphatic carbocycles. The first kappa shape index (κ1) is 21.6. The third-order valence-electron chi connectivity index (χ3n) is 4.93. The van der Waals surface area contributed by atoms with Gasteiger partial charge in [-0.2, -0.15) is 0 Å². The van der Waals surface area contributed by atoms with Crippen molar-refractivity contribution >= 4 is 21.6 Å².